The summed E-state index contributed by atoms with van der Waals surface area (Å²) >= 11 is 5.89. The van der Waals surface area contributed by atoms with Gasteiger partial charge in [-0.05, 0) is 23.8 Å². The van der Waals surface area contributed by atoms with Gasteiger partial charge < -0.3 is 10.2 Å². The van der Waals surface area contributed by atoms with Crippen LogP contribution >= 0.6 is 11.6 Å². The van der Waals surface area contributed by atoms with Crippen LogP contribution in [0.1, 0.15) is 11.1 Å². The molecule has 0 atom stereocenters. The smallest absolute Gasteiger partial charge is 0.336 e. The Kier molecular flexibility index (Phi) is 4.01. The Morgan fingerprint density at radius 1 is 1.37 bits per heavy atom. The van der Waals surface area contributed by atoms with Crippen LogP contribution in [-0.4, -0.2) is 30.4 Å². The van der Waals surface area contributed by atoms with E-state index < -0.39 is 11.7 Å². The maximum absolute atomic E-state index is 12.6. The minimum absolute atomic E-state index is 0.100. The number of piperazine rings is 1. The van der Waals surface area contributed by atoms with Crippen molar-refractivity contribution in [1.29, 1.82) is 0 Å². The first-order chi connectivity index (χ1) is 8.88. The Morgan fingerprint density at radius 3 is 2.74 bits per heavy atom. The SMILES string of the molecule is O=C1CNCCN1Cc1cc(C(F)(F)F)ccc1Cl. The van der Waals surface area contributed by atoms with Gasteiger partial charge in [0.1, 0.15) is 0 Å². The Hall–Kier alpha value is -1.27. The molecule has 0 aliphatic carbocycles. The van der Waals surface area contributed by atoms with Gasteiger partial charge in [0.25, 0.3) is 0 Å². The number of nitrogens with zero attached hydrogens (tertiary/aromatic N) is 1. The van der Waals surface area contributed by atoms with E-state index in [0.717, 1.165) is 12.1 Å². The molecule has 1 aliphatic rings. The number of hydrogen-bond acceptors (Lipinski definition) is 2. The van der Waals surface area contributed by atoms with Crippen LogP contribution in [0, 0.1) is 0 Å². The molecule has 1 heterocycles. The highest BCUT2D eigenvalue weighted by Crippen LogP contribution is 2.32. The van der Waals surface area contributed by atoms with Crippen molar-refractivity contribution in [3.05, 3.63) is 34.3 Å². The van der Waals surface area contributed by atoms with Gasteiger partial charge in [-0.1, -0.05) is 11.6 Å². The maximum Gasteiger partial charge on any atom is 0.416 e. The van der Waals surface area contributed by atoms with Gasteiger partial charge in [-0.2, -0.15) is 13.2 Å². The fourth-order valence-corrected chi connectivity index (χ4v) is 2.07. The van der Waals surface area contributed by atoms with E-state index in [-0.39, 0.29) is 24.0 Å². The topological polar surface area (TPSA) is 32.3 Å². The van der Waals surface area contributed by atoms with E-state index in [2.05, 4.69) is 5.32 Å². The fourth-order valence-electron chi connectivity index (χ4n) is 1.89. The van der Waals surface area contributed by atoms with E-state index in [1.54, 1.807) is 0 Å². The Balaban J connectivity index is 2.21. The summed E-state index contributed by atoms with van der Waals surface area (Å²) in [6.45, 7) is 1.40. The molecular weight excluding hydrogens is 281 g/mol. The second kappa shape index (κ2) is 5.38. The number of benzene rings is 1. The molecule has 1 amide bonds. The zero-order chi connectivity index (χ0) is 14.0. The second-order valence-electron chi connectivity index (χ2n) is 4.30. The average Bonchev–Trinajstić information content (AvgIpc) is 2.33. The largest absolute Gasteiger partial charge is 0.416 e. The lowest BCUT2D eigenvalue weighted by atomic mass is 10.1. The van der Waals surface area contributed by atoms with E-state index in [1.165, 1.54) is 11.0 Å². The van der Waals surface area contributed by atoms with Crippen LogP contribution in [0.25, 0.3) is 0 Å². The molecule has 1 saturated heterocycles. The van der Waals surface area contributed by atoms with Gasteiger partial charge in [0.2, 0.25) is 5.91 Å². The standard InChI is InChI=1S/C12H12ClF3N2O/c13-10-2-1-9(12(14,15)16)5-8(10)7-18-4-3-17-6-11(18)19/h1-2,5,17H,3-4,6-7H2. The molecule has 0 aromatic heterocycles. The molecule has 0 unspecified atom stereocenters. The van der Waals surface area contributed by atoms with E-state index in [4.69, 9.17) is 11.6 Å². The molecule has 0 spiro atoms. The Bertz CT molecular complexity index is 490. The molecule has 104 valence electrons. The number of carbonyl (C=O) groups is 1. The van der Waals surface area contributed by atoms with Crippen molar-refractivity contribution >= 4 is 17.5 Å². The number of halogens is 4. The number of nitrogens with one attached hydrogen (secondary N) is 1. The van der Waals surface area contributed by atoms with E-state index in [9.17, 15) is 18.0 Å². The number of hydrogen-bond donors (Lipinski definition) is 1. The number of carbonyl (C=O) groups excluding carboxylic acids is 1. The minimum Gasteiger partial charge on any atom is -0.336 e. The van der Waals surface area contributed by atoms with Crippen LogP contribution in [0.15, 0.2) is 18.2 Å². The van der Waals surface area contributed by atoms with E-state index >= 15 is 0 Å². The number of amides is 1. The molecule has 1 aromatic rings. The van der Waals surface area contributed by atoms with Crippen molar-refractivity contribution in [3.8, 4) is 0 Å². The average molecular weight is 293 g/mol. The summed E-state index contributed by atoms with van der Waals surface area (Å²) in [4.78, 5) is 13.1. The monoisotopic (exact) mass is 292 g/mol. The molecule has 3 nitrogen and oxygen atoms in total. The Labute approximate surface area is 113 Å². The molecule has 7 heteroatoms. The highest BCUT2D eigenvalue weighted by atomic mass is 35.5. The number of rotatable bonds is 2. The van der Waals surface area contributed by atoms with E-state index in [0.29, 0.717) is 18.7 Å². The van der Waals surface area contributed by atoms with Gasteiger partial charge in [-0.3, -0.25) is 4.79 Å². The lowest BCUT2D eigenvalue weighted by molar-refractivity contribution is -0.137. The van der Waals surface area contributed by atoms with Crippen molar-refractivity contribution in [1.82, 2.24) is 10.2 Å². The van der Waals surface area contributed by atoms with Gasteiger partial charge in [-0.15, -0.1) is 0 Å². The summed E-state index contributed by atoms with van der Waals surface area (Å²) in [6, 6.07) is 3.15. The quantitative estimate of drug-likeness (QED) is 0.907. The molecule has 0 bridgehead atoms. The van der Waals surface area contributed by atoms with Gasteiger partial charge in [-0.25, -0.2) is 0 Å². The lowest BCUT2D eigenvalue weighted by Crippen LogP contribution is -2.47. The molecule has 1 fully saturated rings. The summed E-state index contributed by atoms with van der Waals surface area (Å²) in [5.41, 5.74) is -0.443. The number of alkyl halides is 3. The summed E-state index contributed by atoms with van der Waals surface area (Å²) in [5.74, 6) is -0.139. The predicted octanol–water partition coefficient (Wildman–Crippen LogP) is 2.29. The summed E-state index contributed by atoms with van der Waals surface area (Å²) in [6.07, 6.45) is -4.41. The maximum atomic E-state index is 12.6. The summed E-state index contributed by atoms with van der Waals surface area (Å²) in [5, 5.41) is 3.13. The highest BCUT2D eigenvalue weighted by molar-refractivity contribution is 6.31. The van der Waals surface area contributed by atoms with E-state index in [1.807, 2.05) is 0 Å². The van der Waals surface area contributed by atoms with Crippen molar-refractivity contribution in [2.24, 2.45) is 0 Å². The van der Waals surface area contributed by atoms with Gasteiger partial charge >= 0.3 is 6.18 Å². The molecule has 0 radical (unpaired) electrons. The zero-order valence-corrected chi connectivity index (χ0v) is 10.7. The molecule has 19 heavy (non-hydrogen) atoms. The van der Waals surface area contributed by atoms with Gasteiger partial charge in [0, 0.05) is 24.7 Å². The van der Waals surface area contributed by atoms with Crippen LogP contribution in [-0.2, 0) is 17.5 Å². The first-order valence-electron chi connectivity index (χ1n) is 5.72. The van der Waals surface area contributed by atoms with Crippen LogP contribution in [0.5, 0.6) is 0 Å². The summed E-state index contributed by atoms with van der Waals surface area (Å²) in [7, 11) is 0. The molecule has 1 aromatic carbocycles. The summed E-state index contributed by atoms with van der Waals surface area (Å²) < 4.78 is 37.9. The first-order valence-corrected chi connectivity index (χ1v) is 6.10. The molecule has 1 N–H and O–H groups in total. The second-order valence-corrected chi connectivity index (χ2v) is 4.70. The van der Waals surface area contributed by atoms with Crippen LogP contribution in [0.2, 0.25) is 5.02 Å². The molecule has 1 aliphatic heterocycles. The van der Waals surface area contributed by atoms with Crippen LogP contribution < -0.4 is 5.32 Å². The first kappa shape index (κ1) is 14.1. The fraction of sp³-hybridized carbons (Fsp3) is 0.417. The normalized spacial score (nSPS) is 16.8. The molecular formula is C12H12ClF3N2O. The Morgan fingerprint density at radius 2 is 2.11 bits per heavy atom. The van der Waals surface area contributed by atoms with Crippen LogP contribution in [0.4, 0.5) is 13.2 Å². The third kappa shape index (κ3) is 3.39. The predicted molar refractivity (Wildman–Crippen MR) is 64.7 cm³/mol. The third-order valence-corrected chi connectivity index (χ3v) is 3.29. The zero-order valence-electron chi connectivity index (χ0n) is 9.93. The van der Waals surface area contributed by atoms with Gasteiger partial charge in [0.05, 0.1) is 12.1 Å². The molecule has 2 rings (SSSR count). The highest BCUT2D eigenvalue weighted by Gasteiger charge is 2.31. The van der Waals surface area contributed by atoms with Crippen molar-refractivity contribution in [2.75, 3.05) is 19.6 Å². The van der Waals surface area contributed by atoms with Crippen molar-refractivity contribution in [3.63, 3.8) is 0 Å². The molecule has 0 saturated carbocycles. The third-order valence-electron chi connectivity index (χ3n) is 2.92. The van der Waals surface area contributed by atoms with Crippen LogP contribution in [0.3, 0.4) is 0 Å². The van der Waals surface area contributed by atoms with Crippen molar-refractivity contribution < 1.29 is 18.0 Å². The lowest BCUT2D eigenvalue weighted by Gasteiger charge is -2.28. The minimum atomic E-state index is -4.41. The van der Waals surface area contributed by atoms with Crippen molar-refractivity contribution in [2.45, 2.75) is 12.7 Å². The van der Waals surface area contributed by atoms with Gasteiger partial charge in [0.15, 0.2) is 0 Å².